The van der Waals surface area contributed by atoms with Crippen LogP contribution in [0.15, 0.2) is 29.2 Å². The van der Waals surface area contributed by atoms with Crippen LogP contribution in [0.4, 0.5) is 5.69 Å². The molecule has 134 valence electrons. The molecular weight excluding hydrogens is 356 g/mol. The lowest BCUT2D eigenvalue weighted by Gasteiger charge is -2.27. The van der Waals surface area contributed by atoms with Gasteiger partial charge in [-0.25, -0.2) is 0 Å². The number of carboxylic acid groups (broad SMARTS) is 1. The summed E-state index contributed by atoms with van der Waals surface area (Å²) in [6.07, 6.45) is 3.62. The molecule has 0 unspecified atom stereocenters. The van der Waals surface area contributed by atoms with Gasteiger partial charge in [0.2, 0.25) is 0 Å². The van der Waals surface area contributed by atoms with Crippen LogP contribution in [0, 0.1) is 0 Å². The number of thioether (sulfide) groups is 1. The summed E-state index contributed by atoms with van der Waals surface area (Å²) in [5.41, 5.74) is 1.92. The van der Waals surface area contributed by atoms with Gasteiger partial charge in [0.1, 0.15) is 4.32 Å². The summed E-state index contributed by atoms with van der Waals surface area (Å²) in [6.45, 7) is 1.97. The predicted octanol–water partition coefficient (Wildman–Crippen LogP) is 2.26. The number of unbranched alkanes of at least 4 members (excludes halogenated alkanes) is 1. The van der Waals surface area contributed by atoms with Crippen LogP contribution in [-0.2, 0) is 9.59 Å². The van der Waals surface area contributed by atoms with Gasteiger partial charge in [-0.2, -0.15) is 0 Å². The van der Waals surface area contributed by atoms with Crippen LogP contribution >= 0.6 is 24.0 Å². The highest BCUT2D eigenvalue weighted by atomic mass is 32.2. The molecule has 0 radical (unpaired) electrons. The van der Waals surface area contributed by atoms with Gasteiger partial charge >= 0.3 is 0 Å². The van der Waals surface area contributed by atoms with Crippen molar-refractivity contribution in [1.29, 1.82) is 0 Å². The first-order valence-electron chi connectivity index (χ1n) is 8.10. The zero-order chi connectivity index (χ0) is 18.6. The van der Waals surface area contributed by atoms with Crippen molar-refractivity contribution in [3.05, 3.63) is 34.7 Å². The van der Waals surface area contributed by atoms with Crippen molar-refractivity contribution in [3.8, 4) is 0 Å². The van der Waals surface area contributed by atoms with E-state index < -0.39 is 12.0 Å². The van der Waals surface area contributed by atoms with Crippen LogP contribution in [0.5, 0.6) is 0 Å². The number of hydrogen-bond acceptors (Lipinski definition) is 6. The number of anilines is 1. The molecule has 1 aromatic rings. The number of nitrogens with zero attached hydrogens (tertiary/aromatic N) is 2. The number of thiocarbonyl (C=S) groups is 1. The number of amides is 1. The van der Waals surface area contributed by atoms with E-state index in [0.717, 1.165) is 29.4 Å². The Bertz CT molecular complexity index is 699. The quantitative estimate of drug-likeness (QED) is 0.536. The summed E-state index contributed by atoms with van der Waals surface area (Å²) >= 11 is 6.37. The Labute approximate surface area is 157 Å². The summed E-state index contributed by atoms with van der Waals surface area (Å²) in [6, 6.07) is 6.73. The van der Waals surface area contributed by atoms with Crippen molar-refractivity contribution >= 4 is 51.9 Å². The minimum absolute atomic E-state index is 0.270. The second-order valence-electron chi connectivity index (χ2n) is 6.01. The van der Waals surface area contributed by atoms with Gasteiger partial charge in [-0.05, 0) is 30.2 Å². The normalized spacial score (nSPS) is 17.2. The van der Waals surface area contributed by atoms with Gasteiger partial charge in [0.05, 0.1) is 16.9 Å². The Morgan fingerprint density at radius 3 is 2.52 bits per heavy atom. The average Bonchev–Trinajstić information content (AvgIpc) is 2.83. The Balaban J connectivity index is 2.23. The molecule has 1 amide bonds. The molecular formula is C18H21N2O3S2-. The van der Waals surface area contributed by atoms with Gasteiger partial charge in [0.15, 0.2) is 0 Å². The monoisotopic (exact) mass is 377 g/mol. The molecule has 25 heavy (non-hydrogen) atoms. The molecule has 1 aromatic carbocycles. The fraction of sp³-hybridized carbons (Fsp3) is 0.389. The van der Waals surface area contributed by atoms with Crippen molar-refractivity contribution in [2.45, 2.75) is 32.2 Å². The van der Waals surface area contributed by atoms with Gasteiger partial charge in [-0.15, -0.1) is 0 Å². The molecule has 0 N–H and O–H groups in total. The molecule has 7 heteroatoms. The number of rotatable bonds is 7. The maximum Gasteiger partial charge on any atom is 0.266 e. The maximum absolute atomic E-state index is 12.7. The number of carbonyl (C=O) groups is 2. The van der Waals surface area contributed by atoms with E-state index in [0.29, 0.717) is 17.7 Å². The Kier molecular flexibility index (Phi) is 6.61. The second kappa shape index (κ2) is 8.49. The molecule has 5 nitrogen and oxygen atoms in total. The Morgan fingerprint density at radius 2 is 2.00 bits per heavy atom. The third-order valence-corrected chi connectivity index (χ3v) is 5.28. The van der Waals surface area contributed by atoms with E-state index in [2.05, 4.69) is 0 Å². The highest BCUT2D eigenvalue weighted by Crippen LogP contribution is 2.35. The molecule has 1 aliphatic heterocycles. The van der Waals surface area contributed by atoms with Crippen molar-refractivity contribution < 1.29 is 14.7 Å². The first-order chi connectivity index (χ1) is 11.8. The molecule has 1 saturated heterocycles. The van der Waals surface area contributed by atoms with E-state index >= 15 is 0 Å². The fourth-order valence-electron chi connectivity index (χ4n) is 2.52. The molecule has 0 saturated carbocycles. The zero-order valence-electron chi connectivity index (χ0n) is 14.5. The predicted molar refractivity (Wildman–Crippen MR) is 104 cm³/mol. The lowest BCUT2D eigenvalue weighted by molar-refractivity contribution is -0.310. The minimum atomic E-state index is -1.26. The highest BCUT2D eigenvalue weighted by molar-refractivity contribution is 8.26. The smallest absolute Gasteiger partial charge is 0.266 e. The summed E-state index contributed by atoms with van der Waals surface area (Å²) in [5.74, 6) is -1.63. The van der Waals surface area contributed by atoms with Crippen molar-refractivity contribution in [2.24, 2.45) is 0 Å². The van der Waals surface area contributed by atoms with Crippen LogP contribution in [0.1, 0.15) is 31.7 Å². The van der Waals surface area contributed by atoms with Crippen LogP contribution in [-0.4, -0.2) is 41.2 Å². The molecule has 2 rings (SSSR count). The number of carboxylic acids is 1. The van der Waals surface area contributed by atoms with Gasteiger partial charge < -0.3 is 14.8 Å². The lowest BCUT2D eigenvalue weighted by Crippen LogP contribution is -2.49. The lowest BCUT2D eigenvalue weighted by atomic mass is 10.1. The molecule has 0 aromatic heterocycles. The summed E-state index contributed by atoms with van der Waals surface area (Å²) in [4.78, 5) is 27.7. The van der Waals surface area contributed by atoms with E-state index in [4.69, 9.17) is 12.2 Å². The average molecular weight is 378 g/mol. The van der Waals surface area contributed by atoms with Crippen LogP contribution in [0.3, 0.4) is 0 Å². The third-order valence-electron chi connectivity index (χ3n) is 3.95. The van der Waals surface area contributed by atoms with Crippen LogP contribution < -0.4 is 10.0 Å². The number of benzene rings is 1. The minimum Gasteiger partial charge on any atom is -0.548 e. The van der Waals surface area contributed by atoms with Crippen LogP contribution in [0.25, 0.3) is 6.08 Å². The van der Waals surface area contributed by atoms with Crippen molar-refractivity contribution in [1.82, 2.24) is 4.90 Å². The largest absolute Gasteiger partial charge is 0.548 e. The topological polar surface area (TPSA) is 63.7 Å². The fourth-order valence-corrected chi connectivity index (χ4v) is 3.88. The molecule has 0 bridgehead atoms. The molecule has 1 aliphatic rings. The summed E-state index contributed by atoms with van der Waals surface area (Å²) in [5, 5.41) is 11.5. The zero-order valence-corrected chi connectivity index (χ0v) is 16.2. The number of hydrogen-bond donors (Lipinski definition) is 0. The van der Waals surface area contributed by atoms with Gasteiger partial charge in [-0.3, -0.25) is 9.69 Å². The molecule has 0 spiro atoms. The Hall–Kier alpha value is -1.86. The molecule has 1 atom stereocenters. The Morgan fingerprint density at radius 1 is 1.36 bits per heavy atom. The molecule has 1 heterocycles. The van der Waals surface area contributed by atoms with E-state index in [-0.39, 0.29) is 10.2 Å². The van der Waals surface area contributed by atoms with E-state index in [1.807, 2.05) is 50.2 Å². The maximum atomic E-state index is 12.7. The van der Waals surface area contributed by atoms with Gasteiger partial charge in [0, 0.05) is 19.8 Å². The number of carbonyl (C=O) groups excluding carboxylic acids is 2. The van der Waals surface area contributed by atoms with Gasteiger partial charge in [-0.1, -0.05) is 55.9 Å². The molecule has 1 fully saturated rings. The first-order valence-corrected chi connectivity index (χ1v) is 9.33. The van der Waals surface area contributed by atoms with Crippen molar-refractivity contribution in [2.75, 3.05) is 19.0 Å². The third kappa shape index (κ3) is 4.61. The number of aliphatic carboxylic acids is 1. The van der Waals surface area contributed by atoms with Gasteiger partial charge in [0.25, 0.3) is 5.91 Å². The van der Waals surface area contributed by atoms with Crippen LogP contribution in [0.2, 0.25) is 0 Å². The van der Waals surface area contributed by atoms with E-state index in [1.165, 1.54) is 4.90 Å². The van der Waals surface area contributed by atoms with E-state index in [1.54, 1.807) is 6.08 Å². The standard InChI is InChI=1S/C18H22N2O3S2/c1-4-5-6-14(17(22)23)20-16(21)15(25-18(20)24)11-12-7-9-13(10-8-12)19(2)3/h7-11,14H,4-6H2,1-3H3,(H,22,23)/p-1/b15-11-/t14-/m1/s1. The summed E-state index contributed by atoms with van der Waals surface area (Å²) < 4.78 is 0.270. The van der Waals surface area contributed by atoms with E-state index in [9.17, 15) is 14.7 Å². The van der Waals surface area contributed by atoms with Crippen molar-refractivity contribution in [3.63, 3.8) is 0 Å². The highest BCUT2D eigenvalue weighted by Gasteiger charge is 2.37. The summed E-state index contributed by atoms with van der Waals surface area (Å²) in [7, 11) is 3.91. The molecule has 0 aliphatic carbocycles. The first kappa shape index (κ1) is 19.5. The second-order valence-corrected chi connectivity index (χ2v) is 7.69. The SMILES string of the molecule is CCCC[C@H](C(=O)[O-])N1C(=O)/C(=C/c2ccc(N(C)C)cc2)SC1=S.